The van der Waals surface area contributed by atoms with Crippen LogP contribution in [0.5, 0.6) is 34.5 Å². The summed E-state index contributed by atoms with van der Waals surface area (Å²) in [4.78, 5) is 62.4. The third-order valence-electron chi connectivity index (χ3n) is 20.4. The van der Waals surface area contributed by atoms with Crippen molar-refractivity contribution in [3.05, 3.63) is 245 Å². The fourth-order valence-corrected chi connectivity index (χ4v) is 14.3. The van der Waals surface area contributed by atoms with E-state index < -0.39 is 0 Å². The molecule has 0 unspecified atom stereocenters. The lowest BCUT2D eigenvalue weighted by atomic mass is 9.88. The van der Waals surface area contributed by atoms with Crippen LogP contribution in [0.3, 0.4) is 0 Å². The Morgan fingerprint density at radius 1 is 0.449 bits per heavy atom. The Bertz CT molecular complexity index is 5010. The van der Waals surface area contributed by atoms with E-state index in [0.717, 1.165) is 156 Å². The lowest BCUT2D eigenvalue weighted by Gasteiger charge is -2.20. The molecule has 0 atom stereocenters. The van der Waals surface area contributed by atoms with Gasteiger partial charge in [0, 0.05) is 150 Å². The van der Waals surface area contributed by atoms with Gasteiger partial charge in [0.25, 0.3) is 0 Å². The summed E-state index contributed by atoms with van der Waals surface area (Å²) in [5, 5.41) is 33.8. The topological polar surface area (TPSA) is 223 Å². The first kappa shape index (κ1) is 107. The minimum absolute atomic E-state index is 0.0104. The van der Waals surface area contributed by atoms with E-state index in [1.54, 1.807) is 48.5 Å². The van der Waals surface area contributed by atoms with E-state index in [-0.39, 0.29) is 46.9 Å². The highest BCUT2D eigenvalue weighted by molar-refractivity contribution is 9.13. The second-order valence-corrected chi connectivity index (χ2v) is 33.0. The number of phenolic OH excluding ortho intramolecular Hbond substituents is 2. The van der Waals surface area contributed by atoms with Gasteiger partial charge in [-0.2, -0.15) is 0 Å². The van der Waals surface area contributed by atoms with Crippen LogP contribution in [-0.4, -0.2) is 67.2 Å². The van der Waals surface area contributed by atoms with Crippen LogP contribution in [0.4, 0.5) is 4.39 Å². The van der Waals surface area contributed by atoms with E-state index in [4.69, 9.17) is 18.9 Å². The predicted octanol–water partition coefficient (Wildman–Crippen LogP) is 23.5. The van der Waals surface area contributed by atoms with Gasteiger partial charge in [-0.15, -0.1) is 5.92 Å². The molecule has 0 heterocycles. The van der Waals surface area contributed by atoms with Crippen molar-refractivity contribution in [2.75, 3.05) is 27.4 Å². The fraction of sp³-hybridized carbons (Fsp3) is 0.411. The molecule has 1 aliphatic carbocycles. The number of carbonyl (C=O) groups excluding carboxylic acids is 5. The highest BCUT2D eigenvalue weighted by Crippen LogP contribution is 2.31. The maximum absolute atomic E-state index is 12.8. The van der Waals surface area contributed by atoms with Gasteiger partial charge in [-0.25, -0.2) is 4.39 Å². The van der Waals surface area contributed by atoms with E-state index in [9.17, 15) is 38.6 Å². The molecule has 676 valence electrons. The molecule has 9 rings (SSSR count). The van der Waals surface area contributed by atoms with Crippen molar-refractivity contribution in [1.82, 2.24) is 26.6 Å². The Hall–Kier alpha value is -10.9. The molecule has 0 radical (unpaired) electrons. The molecule has 20 heteroatoms. The van der Waals surface area contributed by atoms with Gasteiger partial charge in [-0.3, -0.25) is 24.0 Å². The highest BCUT2D eigenvalue weighted by Gasteiger charge is 2.17. The van der Waals surface area contributed by atoms with E-state index in [2.05, 4.69) is 204 Å². The maximum Gasteiger partial charge on any atom is 0.220 e. The van der Waals surface area contributed by atoms with Gasteiger partial charge in [0.2, 0.25) is 29.5 Å². The molecule has 1 aliphatic rings. The molecule has 5 amide bonds. The second-order valence-electron chi connectivity index (χ2n) is 30.9. The first-order valence-corrected chi connectivity index (χ1v) is 46.7. The Morgan fingerprint density at radius 3 is 1.31 bits per heavy atom. The van der Waals surface area contributed by atoms with Crippen LogP contribution in [0.15, 0.2) is 167 Å². The molecule has 127 heavy (non-hydrogen) atoms. The van der Waals surface area contributed by atoms with Crippen LogP contribution < -0.4 is 45.5 Å². The first-order valence-electron chi connectivity index (χ1n) is 44.4. The van der Waals surface area contributed by atoms with Crippen molar-refractivity contribution >= 4 is 77.3 Å². The molecular formula is C107H129Br3FN5O11. The largest absolute Gasteiger partial charge is 0.504 e. The number of unbranched alkanes of at least 4 members (excludes halogenated alkanes) is 10. The van der Waals surface area contributed by atoms with Gasteiger partial charge in [0.05, 0.1) is 27.4 Å². The van der Waals surface area contributed by atoms with Crippen LogP contribution in [0.1, 0.15) is 267 Å². The summed E-state index contributed by atoms with van der Waals surface area (Å²) in [6.07, 6.45) is 21.7. The Kier molecular flexibility index (Phi) is 53.7. The van der Waals surface area contributed by atoms with Gasteiger partial charge < -0.3 is 55.7 Å². The average molecular weight is 1920 g/mol. The van der Waals surface area contributed by atoms with Crippen LogP contribution >= 0.6 is 47.8 Å². The second kappa shape index (κ2) is 63.9. The lowest BCUT2D eigenvalue weighted by molar-refractivity contribution is -0.122. The number of halogens is 4. The molecule has 16 nitrogen and oxygen atoms in total. The molecule has 8 aromatic carbocycles. The zero-order valence-corrected chi connectivity index (χ0v) is 80.6. The predicted molar refractivity (Wildman–Crippen MR) is 522 cm³/mol. The summed E-state index contributed by atoms with van der Waals surface area (Å²) >= 11 is 9.93. The van der Waals surface area contributed by atoms with Crippen LogP contribution in [0.25, 0.3) is 0 Å². The number of ether oxygens (including phenoxy) is 4. The minimum atomic E-state index is -0.264. The van der Waals surface area contributed by atoms with Crippen molar-refractivity contribution in [3.63, 3.8) is 0 Å². The minimum Gasteiger partial charge on any atom is -0.504 e. The molecule has 8 aromatic rings. The van der Waals surface area contributed by atoms with Gasteiger partial charge in [0.1, 0.15) is 17.3 Å². The average Bonchev–Trinajstić information content (AvgIpc) is 0.844. The molecule has 7 N–H and O–H groups in total. The van der Waals surface area contributed by atoms with Gasteiger partial charge in [-0.1, -0.05) is 148 Å². The Morgan fingerprint density at radius 2 is 0.874 bits per heavy atom. The lowest BCUT2D eigenvalue weighted by Crippen LogP contribution is -2.24. The van der Waals surface area contributed by atoms with Crippen LogP contribution in [0.2, 0.25) is 0 Å². The number of carbonyl (C=O) groups is 5. The molecule has 1 fully saturated rings. The van der Waals surface area contributed by atoms with E-state index in [0.29, 0.717) is 108 Å². The molecule has 0 bridgehead atoms. The van der Waals surface area contributed by atoms with E-state index in [1.165, 1.54) is 85.4 Å². The number of nitrogens with one attached hydrogen (secondary N) is 5. The summed E-state index contributed by atoms with van der Waals surface area (Å²) in [7, 11) is 3.00. The summed E-state index contributed by atoms with van der Waals surface area (Å²) in [6.45, 7) is 20.5. The van der Waals surface area contributed by atoms with Crippen LogP contribution in [0, 0.1) is 90.6 Å². The number of benzene rings is 8. The zero-order valence-electron chi connectivity index (χ0n) is 75.9. The number of rotatable bonds is 38. The quantitative estimate of drug-likeness (QED) is 0.0142. The number of phenols is 2. The molecule has 0 aliphatic heterocycles. The standard InChI is InChI=1S/C28H37NO.C24H28FNO3.C20H19Br2NO.C20H27NO3.C15H18BrNO3/c1-7-24-18-17-23(6)26(28(24)20(2)3)19-29-27(30)16-11-9-8-10-15-25-21(4)13-12-14-22(25)5;1-3-28-22-15-20(16-23(17-22)29-4-2)18-26-24(27)10-8-6-5-7-9-19-11-13-21(25)14-12-19;21-18-13-12-17(14-19(18)22)15-23-20(24)11-7-2-1-4-8-16-9-5-3-6-10-16;1-24-19-14-17(12-13-18(19)22)15-21-20(23)11-5-3-2-4-8-16-9-6-7-10-16;1-20-14-10-12(7-8-13(14)18)11-17-15(19)6-4-2-3-5-9-16/h12-14,17-18,20H,7-9,11,16,19H2,1-6H3,(H,29,30);11-17H,3-6,8,10,18H2,1-2H3,(H,26,27);3,5-6,9-10,12-14H,1-2,7,11,15H2,(H,23,24);12-14,16,22H,2-3,5-7,9-11,15H2,1H3,(H,21,23);7-8,10,18H,2-4,6,11H2,1H3,(H,17,19). The maximum atomic E-state index is 12.8. The zero-order chi connectivity index (χ0) is 92.2. The molecular weight excluding hydrogens is 1790 g/mol. The molecule has 0 spiro atoms. The SMILES string of the molecule is CCOc1cc(CNC(=O)CCCCC#Cc2ccc(F)cc2)cc(OCC)c1.CCc1ccc(C)c(CNC(=O)CCCCC#Cc2c(C)cccc2C)c1C(C)C.COc1cc(CNC(=O)CCCCC#CBr)ccc1O.COc1cc(CNC(=O)CCCCC#CC2CCCC2)ccc1O.O=C(CCCCC#Cc1ccccc1)NCc1ccc(Br)c(Br)c1. The third-order valence-corrected chi connectivity index (χ3v) is 22.5. The summed E-state index contributed by atoms with van der Waals surface area (Å²) < 4.78 is 36.0. The van der Waals surface area contributed by atoms with Crippen molar-refractivity contribution in [2.24, 2.45) is 5.92 Å². The summed E-state index contributed by atoms with van der Waals surface area (Å²) in [5.74, 6) is 32.0. The highest BCUT2D eigenvalue weighted by atomic mass is 79.9. The van der Waals surface area contributed by atoms with Crippen molar-refractivity contribution in [2.45, 2.75) is 255 Å². The molecule has 0 saturated heterocycles. The van der Waals surface area contributed by atoms with Gasteiger partial charge in [-0.05, 0) is 301 Å². The van der Waals surface area contributed by atoms with Crippen molar-refractivity contribution in [3.8, 4) is 92.6 Å². The monoisotopic (exact) mass is 1920 g/mol. The number of aromatic hydroxyl groups is 2. The number of methoxy groups -OCH3 is 2. The Labute approximate surface area is 781 Å². The number of aryl methyl sites for hydroxylation is 4. The summed E-state index contributed by atoms with van der Waals surface area (Å²) in [6, 6.07) is 48.5. The van der Waals surface area contributed by atoms with Gasteiger partial charge >= 0.3 is 0 Å². The van der Waals surface area contributed by atoms with E-state index in [1.807, 2.05) is 80.6 Å². The summed E-state index contributed by atoms with van der Waals surface area (Å²) in [5.41, 5.74) is 14.6. The van der Waals surface area contributed by atoms with E-state index >= 15 is 0 Å². The fourth-order valence-electron chi connectivity index (χ4n) is 13.4. The molecule has 0 aromatic heterocycles. The van der Waals surface area contributed by atoms with Gasteiger partial charge in [0.15, 0.2) is 23.0 Å². The van der Waals surface area contributed by atoms with Crippen LogP contribution in [-0.2, 0) is 63.1 Å². The molecule has 1 saturated carbocycles. The normalized spacial score (nSPS) is 10.8. The van der Waals surface area contributed by atoms with Crippen molar-refractivity contribution < 1.29 is 57.5 Å². The number of hydrogen-bond acceptors (Lipinski definition) is 11. The Balaban J connectivity index is 0.000000283. The number of amides is 5. The number of hydrogen-bond donors (Lipinski definition) is 7. The smallest absolute Gasteiger partial charge is 0.220 e. The third kappa shape index (κ3) is 45.4. The van der Waals surface area contributed by atoms with Crippen molar-refractivity contribution in [1.29, 1.82) is 0 Å². The first-order chi connectivity index (χ1) is 61.4.